The lowest BCUT2D eigenvalue weighted by Crippen LogP contribution is -2.42. The fourth-order valence-corrected chi connectivity index (χ4v) is 3.63. The second kappa shape index (κ2) is 8.09. The quantitative estimate of drug-likeness (QED) is 0.662. The molecule has 0 aromatic heterocycles. The number of carbonyl (C=O) groups excluding carboxylic acids is 1. The Morgan fingerprint density at radius 2 is 2.12 bits per heavy atom. The van der Waals surface area contributed by atoms with E-state index in [0.29, 0.717) is 24.5 Å². The lowest BCUT2D eigenvalue weighted by Gasteiger charge is -2.35. The van der Waals surface area contributed by atoms with Crippen molar-refractivity contribution in [3.05, 3.63) is 58.4 Å². The van der Waals surface area contributed by atoms with E-state index >= 15 is 0 Å². The van der Waals surface area contributed by atoms with Crippen molar-refractivity contribution in [1.82, 2.24) is 0 Å². The first kappa shape index (κ1) is 18.7. The molecule has 2 aromatic carbocycles. The van der Waals surface area contributed by atoms with E-state index in [9.17, 15) is 9.18 Å². The molecule has 1 heterocycles. The topological polar surface area (TPSA) is 29.5 Å². The lowest BCUT2D eigenvalue weighted by atomic mass is 9.96. The number of anilines is 1. The number of amides is 1. The second-order valence-electron chi connectivity index (χ2n) is 6.79. The van der Waals surface area contributed by atoms with Gasteiger partial charge in [-0.3, -0.25) is 4.79 Å². The number of fused-ring (bicyclic) bond motifs is 1. The minimum atomic E-state index is -0.252. The third kappa shape index (κ3) is 4.18. The Labute approximate surface area is 158 Å². The summed E-state index contributed by atoms with van der Waals surface area (Å²) in [6.07, 6.45) is 2.67. The maximum absolute atomic E-state index is 13.5. The summed E-state index contributed by atoms with van der Waals surface area (Å²) in [7, 11) is 0. The fourth-order valence-electron chi connectivity index (χ4n) is 3.40. The minimum absolute atomic E-state index is 0.0569. The highest BCUT2D eigenvalue weighted by molar-refractivity contribution is 6.30. The van der Waals surface area contributed by atoms with Crippen LogP contribution in [-0.4, -0.2) is 18.6 Å². The van der Waals surface area contributed by atoms with Crippen molar-refractivity contribution in [2.75, 3.05) is 11.5 Å². The molecule has 0 fully saturated rings. The number of ether oxygens (including phenoxy) is 1. The van der Waals surface area contributed by atoms with Crippen molar-refractivity contribution in [2.45, 2.75) is 45.6 Å². The summed E-state index contributed by atoms with van der Waals surface area (Å²) in [5.41, 5.74) is 2.72. The fraction of sp³-hybridized carbons (Fsp3) is 0.381. The molecular formula is C21H23ClFNO2. The molecule has 3 rings (SSSR count). The Kier molecular flexibility index (Phi) is 5.82. The lowest BCUT2D eigenvalue weighted by molar-refractivity contribution is -0.119. The van der Waals surface area contributed by atoms with Gasteiger partial charge in [-0.25, -0.2) is 4.39 Å². The average Bonchev–Trinajstić information content (AvgIpc) is 2.60. The normalized spacial score (nSPS) is 16.3. The first-order chi connectivity index (χ1) is 12.5. The Morgan fingerprint density at radius 3 is 2.88 bits per heavy atom. The van der Waals surface area contributed by atoms with Gasteiger partial charge >= 0.3 is 0 Å². The largest absolute Gasteiger partial charge is 0.493 e. The van der Waals surface area contributed by atoms with Gasteiger partial charge in [0.05, 0.1) is 6.61 Å². The molecule has 138 valence electrons. The van der Waals surface area contributed by atoms with E-state index in [1.54, 1.807) is 12.1 Å². The molecule has 1 amide bonds. The molecular weight excluding hydrogens is 353 g/mol. The molecule has 26 heavy (non-hydrogen) atoms. The molecule has 1 atom stereocenters. The minimum Gasteiger partial charge on any atom is -0.493 e. The zero-order chi connectivity index (χ0) is 18.7. The monoisotopic (exact) mass is 375 g/mol. The molecule has 1 aliphatic rings. The first-order valence-electron chi connectivity index (χ1n) is 8.95. The van der Waals surface area contributed by atoms with E-state index in [0.717, 1.165) is 35.4 Å². The summed E-state index contributed by atoms with van der Waals surface area (Å²) in [5, 5.41) is 0.680. The van der Waals surface area contributed by atoms with Gasteiger partial charge in [-0.2, -0.15) is 0 Å². The Balaban J connectivity index is 1.58. The number of hydrogen-bond acceptors (Lipinski definition) is 2. The van der Waals surface area contributed by atoms with Gasteiger partial charge in [-0.05, 0) is 80.6 Å². The molecule has 5 heteroatoms. The molecule has 0 spiro atoms. The van der Waals surface area contributed by atoms with Crippen LogP contribution in [0.25, 0.3) is 0 Å². The summed E-state index contributed by atoms with van der Waals surface area (Å²) >= 11 is 5.94. The van der Waals surface area contributed by atoms with Crippen molar-refractivity contribution in [3.63, 3.8) is 0 Å². The number of hydrogen-bond donors (Lipinski definition) is 0. The Bertz CT molecular complexity index is 809. The maximum Gasteiger partial charge on any atom is 0.227 e. The Morgan fingerprint density at radius 1 is 1.31 bits per heavy atom. The van der Waals surface area contributed by atoms with Crippen molar-refractivity contribution >= 4 is 23.2 Å². The van der Waals surface area contributed by atoms with Crippen LogP contribution in [0.4, 0.5) is 10.1 Å². The molecule has 0 bridgehead atoms. The molecule has 3 nitrogen and oxygen atoms in total. The van der Waals surface area contributed by atoms with E-state index in [2.05, 4.69) is 0 Å². The molecule has 1 unspecified atom stereocenters. The molecule has 0 saturated carbocycles. The van der Waals surface area contributed by atoms with Crippen LogP contribution in [0.15, 0.2) is 36.4 Å². The van der Waals surface area contributed by atoms with Crippen LogP contribution in [0.3, 0.4) is 0 Å². The van der Waals surface area contributed by atoms with Crippen LogP contribution >= 0.6 is 11.6 Å². The van der Waals surface area contributed by atoms with E-state index in [-0.39, 0.29) is 17.8 Å². The van der Waals surface area contributed by atoms with Crippen LogP contribution < -0.4 is 9.64 Å². The SMILES string of the molecule is Cc1cc(Cl)ccc1OCCCC(=O)N1c2ccc(F)cc2CCC1C. The zero-order valence-electron chi connectivity index (χ0n) is 15.1. The second-order valence-corrected chi connectivity index (χ2v) is 7.22. The van der Waals surface area contributed by atoms with Gasteiger partial charge in [-0.15, -0.1) is 0 Å². The van der Waals surface area contributed by atoms with E-state index < -0.39 is 0 Å². The number of rotatable bonds is 5. The molecule has 0 N–H and O–H groups in total. The summed E-state index contributed by atoms with van der Waals surface area (Å²) in [6.45, 7) is 4.45. The maximum atomic E-state index is 13.5. The summed E-state index contributed by atoms with van der Waals surface area (Å²) < 4.78 is 19.2. The molecule has 0 radical (unpaired) electrons. The van der Waals surface area contributed by atoms with Crippen LogP contribution in [-0.2, 0) is 11.2 Å². The number of carbonyl (C=O) groups is 1. The van der Waals surface area contributed by atoms with Crippen molar-refractivity contribution < 1.29 is 13.9 Å². The highest BCUT2D eigenvalue weighted by Crippen LogP contribution is 2.32. The van der Waals surface area contributed by atoms with E-state index in [1.807, 2.05) is 30.9 Å². The van der Waals surface area contributed by atoms with Crippen LogP contribution in [0, 0.1) is 12.7 Å². The van der Waals surface area contributed by atoms with Crippen LogP contribution in [0.2, 0.25) is 5.02 Å². The van der Waals surface area contributed by atoms with Gasteiger partial charge in [-0.1, -0.05) is 11.6 Å². The van der Waals surface area contributed by atoms with Crippen molar-refractivity contribution in [2.24, 2.45) is 0 Å². The molecule has 1 aliphatic heterocycles. The van der Waals surface area contributed by atoms with Gasteiger partial charge in [0.25, 0.3) is 0 Å². The standard InChI is InChI=1S/C21H23ClFNO2/c1-14-12-17(22)7-10-20(14)26-11-3-4-21(25)24-15(2)5-6-16-13-18(23)8-9-19(16)24/h7-10,12-13,15H,3-6,11H2,1-2H3. The van der Waals surface area contributed by atoms with Crippen LogP contribution in [0.5, 0.6) is 5.75 Å². The first-order valence-corrected chi connectivity index (χ1v) is 9.33. The van der Waals surface area contributed by atoms with E-state index in [4.69, 9.17) is 16.3 Å². The molecule has 0 aliphatic carbocycles. The van der Waals surface area contributed by atoms with Gasteiger partial charge < -0.3 is 9.64 Å². The Hall–Kier alpha value is -2.07. The molecule has 2 aromatic rings. The third-order valence-electron chi connectivity index (χ3n) is 4.77. The highest BCUT2D eigenvalue weighted by atomic mass is 35.5. The number of halogens is 2. The number of nitrogens with zero attached hydrogens (tertiary/aromatic N) is 1. The van der Waals surface area contributed by atoms with Gasteiger partial charge in [0, 0.05) is 23.2 Å². The average molecular weight is 376 g/mol. The van der Waals surface area contributed by atoms with Gasteiger partial charge in [0.15, 0.2) is 0 Å². The zero-order valence-corrected chi connectivity index (χ0v) is 15.9. The van der Waals surface area contributed by atoms with Crippen LogP contribution in [0.1, 0.15) is 37.3 Å². The summed E-state index contributed by atoms with van der Waals surface area (Å²) in [4.78, 5) is 14.5. The van der Waals surface area contributed by atoms with Gasteiger partial charge in [0.1, 0.15) is 11.6 Å². The van der Waals surface area contributed by atoms with Crippen molar-refractivity contribution in [1.29, 1.82) is 0 Å². The predicted molar refractivity (Wildman–Crippen MR) is 103 cm³/mol. The third-order valence-corrected chi connectivity index (χ3v) is 5.01. The predicted octanol–water partition coefficient (Wildman–Crippen LogP) is 5.31. The van der Waals surface area contributed by atoms with Gasteiger partial charge in [0.2, 0.25) is 5.91 Å². The smallest absolute Gasteiger partial charge is 0.227 e. The number of benzene rings is 2. The number of aryl methyl sites for hydroxylation is 2. The van der Waals surface area contributed by atoms with E-state index in [1.165, 1.54) is 12.1 Å². The summed E-state index contributed by atoms with van der Waals surface area (Å²) in [6, 6.07) is 10.3. The highest BCUT2D eigenvalue weighted by Gasteiger charge is 2.28. The molecule has 0 saturated heterocycles. The summed E-state index contributed by atoms with van der Waals surface area (Å²) in [5.74, 6) is 0.591. The van der Waals surface area contributed by atoms with Crippen molar-refractivity contribution in [3.8, 4) is 5.75 Å².